The molecule has 1 N–H and O–H groups in total. The largest absolute Gasteiger partial charge is 0.482 e. The number of fused-ring (bicyclic) bond motifs is 1. The van der Waals surface area contributed by atoms with Crippen molar-refractivity contribution < 1.29 is 14.3 Å². The van der Waals surface area contributed by atoms with Crippen LogP contribution >= 0.6 is 23.2 Å². The summed E-state index contributed by atoms with van der Waals surface area (Å²) in [5.41, 5.74) is 2.96. The standard InChI is InChI=1S/C23H19Cl2N3O3/c24-17-6-8-21(19(25)11-17)31-14-22(29)27-18-7-5-15-4-2-10-28(20(15)12-18)23(30)16-3-1-9-26-13-16/h1,3,5-9,11-13H,2,4,10,14H2,(H,27,29). The van der Waals surface area contributed by atoms with Gasteiger partial charge in [-0.05, 0) is 60.9 Å². The van der Waals surface area contributed by atoms with Crippen molar-refractivity contribution in [2.24, 2.45) is 0 Å². The van der Waals surface area contributed by atoms with Gasteiger partial charge in [-0.1, -0.05) is 29.3 Å². The molecule has 0 atom stereocenters. The Kier molecular flexibility index (Phi) is 6.39. The minimum absolute atomic E-state index is 0.113. The van der Waals surface area contributed by atoms with Crippen LogP contribution in [-0.4, -0.2) is 29.9 Å². The van der Waals surface area contributed by atoms with E-state index in [1.165, 1.54) is 0 Å². The molecule has 1 aromatic heterocycles. The zero-order valence-electron chi connectivity index (χ0n) is 16.5. The Hall–Kier alpha value is -3.09. The maximum atomic E-state index is 13.0. The molecule has 0 saturated carbocycles. The average molecular weight is 456 g/mol. The first-order chi connectivity index (χ1) is 15.0. The molecule has 158 valence electrons. The number of amides is 2. The fourth-order valence-electron chi connectivity index (χ4n) is 3.44. The summed E-state index contributed by atoms with van der Waals surface area (Å²) in [7, 11) is 0. The number of carbonyl (C=O) groups excluding carboxylic acids is 2. The fraction of sp³-hybridized carbons (Fsp3) is 0.174. The van der Waals surface area contributed by atoms with Crippen LogP contribution in [0.4, 0.5) is 11.4 Å². The lowest BCUT2D eigenvalue weighted by Crippen LogP contribution is -2.35. The Morgan fingerprint density at radius 3 is 2.77 bits per heavy atom. The third-order valence-electron chi connectivity index (χ3n) is 4.89. The number of carbonyl (C=O) groups is 2. The third-order valence-corrected chi connectivity index (χ3v) is 5.42. The van der Waals surface area contributed by atoms with Crippen LogP contribution in [0.1, 0.15) is 22.3 Å². The molecular formula is C23H19Cl2N3O3. The van der Waals surface area contributed by atoms with Gasteiger partial charge < -0.3 is 15.0 Å². The maximum Gasteiger partial charge on any atom is 0.262 e. The van der Waals surface area contributed by atoms with Gasteiger partial charge in [0, 0.05) is 35.3 Å². The Balaban J connectivity index is 1.46. The first-order valence-corrected chi connectivity index (χ1v) is 10.5. The molecule has 0 bridgehead atoms. The molecule has 31 heavy (non-hydrogen) atoms. The number of aromatic nitrogens is 1. The van der Waals surface area contributed by atoms with E-state index in [4.69, 9.17) is 27.9 Å². The zero-order valence-corrected chi connectivity index (χ0v) is 18.0. The number of aryl methyl sites for hydroxylation is 1. The van der Waals surface area contributed by atoms with Gasteiger partial charge in [-0.3, -0.25) is 14.6 Å². The summed E-state index contributed by atoms with van der Waals surface area (Å²) in [5, 5.41) is 3.63. The third kappa shape index (κ3) is 4.98. The van der Waals surface area contributed by atoms with E-state index in [9.17, 15) is 9.59 Å². The molecule has 4 rings (SSSR count). The fourth-order valence-corrected chi connectivity index (χ4v) is 3.90. The number of benzene rings is 2. The molecule has 2 amide bonds. The van der Waals surface area contributed by atoms with Crippen LogP contribution in [0.15, 0.2) is 60.9 Å². The number of ether oxygens (including phenoxy) is 1. The van der Waals surface area contributed by atoms with Crippen molar-refractivity contribution in [1.29, 1.82) is 0 Å². The summed E-state index contributed by atoms with van der Waals surface area (Å²) in [4.78, 5) is 31.1. The second-order valence-electron chi connectivity index (χ2n) is 7.06. The van der Waals surface area contributed by atoms with E-state index in [1.807, 2.05) is 18.2 Å². The van der Waals surface area contributed by atoms with Crippen molar-refractivity contribution in [1.82, 2.24) is 4.98 Å². The van der Waals surface area contributed by atoms with Crippen LogP contribution in [0.2, 0.25) is 10.0 Å². The Morgan fingerprint density at radius 1 is 1.13 bits per heavy atom. The summed E-state index contributed by atoms with van der Waals surface area (Å²) in [6.45, 7) is 0.396. The summed E-state index contributed by atoms with van der Waals surface area (Å²) in [6.07, 6.45) is 4.94. The molecule has 0 aliphatic carbocycles. The molecule has 0 saturated heterocycles. The first-order valence-electron chi connectivity index (χ1n) is 9.74. The number of hydrogen-bond acceptors (Lipinski definition) is 4. The van der Waals surface area contributed by atoms with E-state index in [-0.39, 0.29) is 18.4 Å². The molecule has 2 aromatic carbocycles. The number of rotatable bonds is 5. The van der Waals surface area contributed by atoms with Crippen LogP contribution in [0.25, 0.3) is 0 Å². The number of halogens is 2. The van der Waals surface area contributed by atoms with Crippen LogP contribution in [0.3, 0.4) is 0 Å². The molecule has 0 unspecified atom stereocenters. The van der Waals surface area contributed by atoms with Gasteiger partial charge in [-0.25, -0.2) is 0 Å². The van der Waals surface area contributed by atoms with Crippen molar-refractivity contribution in [3.8, 4) is 5.75 Å². The van der Waals surface area contributed by atoms with Crippen LogP contribution < -0.4 is 15.0 Å². The lowest BCUT2D eigenvalue weighted by Gasteiger charge is -2.30. The lowest BCUT2D eigenvalue weighted by atomic mass is 10.00. The number of pyridine rings is 1. The monoisotopic (exact) mass is 455 g/mol. The molecule has 0 radical (unpaired) electrons. The van der Waals surface area contributed by atoms with E-state index in [2.05, 4.69) is 10.3 Å². The maximum absolute atomic E-state index is 13.0. The summed E-state index contributed by atoms with van der Waals surface area (Å²) in [6, 6.07) is 13.9. The van der Waals surface area contributed by atoms with Crippen molar-refractivity contribution >= 4 is 46.4 Å². The van der Waals surface area contributed by atoms with Gasteiger partial charge in [0.05, 0.1) is 10.6 Å². The molecule has 2 heterocycles. The molecule has 3 aromatic rings. The Bertz CT molecular complexity index is 1120. The molecular weight excluding hydrogens is 437 g/mol. The molecule has 6 nitrogen and oxygen atoms in total. The van der Waals surface area contributed by atoms with E-state index in [0.29, 0.717) is 33.6 Å². The molecule has 1 aliphatic heterocycles. The summed E-state index contributed by atoms with van der Waals surface area (Å²) < 4.78 is 5.48. The quantitative estimate of drug-likeness (QED) is 0.587. The number of hydrogen-bond donors (Lipinski definition) is 1. The van der Waals surface area contributed by atoms with Gasteiger partial charge in [-0.15, -0.1) is 0 Å². The minimum atomic E-state index is -0.341. The normalized spacial score (nSPS) is 12.8. The predicted octanol–water partition coefficient (Wildman–Crippen LogP) is 5.00. The zero-order chi connectivity index (χ0) is 21.8. The van der Waals surface area contributed by atoms with Crippen molar-refractivity contribution in [3.05, 3.63) is 82.1 Å². The first kappa shape index (κ1) is 21.2. The highest BCUT2D eigenvalue weighted by Crippen LogP contribution is 2.31. The van der Waals surface area contributed by atoms with E-state index >= 15 is 0 Å². The number of nitrogens with one attached hydrogen (secondary N) is 1. The van der Waals surface area contributed by atoms with Crippen LogP contribution in [0.5, 0.6) is 5.75 Å². The van der Waals surface area contributed by atoms with Crippen LogP contribution in [0, 0.1) is 0 Å². The topological polar surface area (TPSA) is 71.5 Å². The van der Waals surface area contributed by atoms with Gasteiger partial charge in [-0.2, -0.15) is 0 Å². The predicted molar refractivity (Wildman–Crippen MR) is 121 cm³/mol. The molecule has 0 spiro atoms. The van der Waals surface area contributed by atoms with Gasteiger partial charge in [0.1, 0.15) is 5.75 Å². The van der Waals surface area contributed by atoms with Gasteiger partial charge in [0.15, 0.2) is 6.61 Å². The van der Waals surface area contributed by atoms with Crippen LogP contribution in [-0.2, 0) is 11.2 Å². The molecule has 8 heteroatoms. The average Bonchev–Trinajstić information content (AvgIpc) is 2.78. The van der Waals surface area contributed by atoms with Crippen molar-refractivity contribution in [2.75, 3.05) is 23.4 Å². The summed E-state index contributed by atoms with van der Waals surface area (Å²) >= 11 is 11.9. The smallest absolute Gasteiger partial charge is 0.262 e. The number of anilines is 2. The van der Waals surface area contributed by atoms with Gasteiger partial charge >= 0.3 is 0 Å². The lowest BCUT2D eigenvalue weighted by molar-refractivity contribution is -0.118. The minimum Gasteiger partial charge on any atom is -0.482 e. The van der Waals surface area contributed by atoms with E-state index < -0.39 is 0 Å². The Morgan fingerprint density at radius 2 is 2.00 bits per heavy atom. The molecule has 0 fully saturated rings. The van der Waals surface area contributed by atoms with Crippen molar-refractivity contribution in [3.63, 3.8) is 0 Å². The Labute approximate surface area is 189 Å². The molecule has 1 aliphatic rings. The van der Waals surface area contributed by atoms with E-state index in [0.717, 1.165) is 24.1 Å². The SMILES string of the molecule is O=C(COc1ccc(Cl)cc1Cl)Nc1ccc2c(c1)N(C(=O)c1cccnc1)CCC2. The van der Waals surface area contributed by atoms with Gasteiger partial charge in [0.25, 0.3) is 11.8 Å². The second kappa shape index (κ2) is 9.37. The van der Waals surface area contributed by atoms with Gasteiger partial charge in [0.2, 0.25) is 0 Å². The summed E-state index contributed by atoms with van der Waals surface area (Å²) in [5.74, 6) is -0.0787. The highest BCUT2D eigenvalue weighted by atomic mass is 35.5. The number of nitrogens with zero attached hydrogens (tertiary/aromatic N) is 2. The second-order valence-corrected chi connectivity index (χ2v) is 7.90. The van der Waals surface area contributed by atoms with E-state index in [1.54, 1.807) is 47.6 Å². The highest BCUT2D eigenvalue weighted by molar-refractivity contribution is 6.35. The van der Waals surface area contributed by atoms with Crippen molar-refractivity contribution in [2.45, 2.75) is 12.8 Å². The highest BCUT2D eigenvalue weighted by Gasteiger charge is 2.24.